The lowest BCUT2D eigenvalue weighted by molar-refractivity contribution is 0.0699. The molecule has 0 aliphatic carbocycles. The second-order valence-electron chi connectivity index (χ2n) is 4.50. The molecular weight excluding hydrogens is 288 g/mol. The molecule has 21 heavy (non-hydrogen) atoms. The Morgan fingerprint density at radius 3 is 2.71 bits per heavy atom. The summed E-state index contributed by atoms with van der Waals surface area (Å²) in [6, 6.07) is 14.1. The van der Waals surface area contributed by atoms with E-state index in [0.717, 1.165) is 11.1 Å². The Morgan fingerprint density at radius 2 is 1.95 bits per heavy atom. The molecule has 2 aromatic carbocycles. The van der Waals surface area contributed by atoms with Crippen molar-refractivity contribution < 1.29 is 9.90 Å². The minimum atomic E-state index is -0.984. The molecule has 1 aromatic heterocycles. The molecule has 4 nitrogen and oxygen atoms in total. The van der Waals surface area contributed by atoms with Crippen LogP contribution in [-0.4, -0.2) is 16.1 Å². The molecule has 0 aliphatic rings. The number of aromatic carboxylic acids is 1. The Bertz CT molecular complexity index is 828. The predicted octanol–water partition coefficient (Wildman–Crippen LogP) is 4.33. The van der Waals surface area contributed by atoms with Gasteiger partial charge in [0.25, 0.3) is 0 Å². The van der Waals surface area contributed by atoms with Gasteiger partial charge >= 0.3 is 5.97 Å². The summed E-state index contributed by atoms with van der Waals surface area (Å²) in [7, 11) is 0. The molecule has 3 rings (SSSR count). The van der Waals surface area contributed by atoms with E-state index in [4.69, 9.17) is 11.6 Å². The van der Waals surface area contributed by atoms with Gasteiger partial charge in [0.15, 0.2) is 0 Å². The van der Waals surface area contributed by atoms with E-state index in [1.54, 1.807) is 36.5 Å². The molecule has 5 heteroatoms. The molecule has 0 aliphatic heterocycles. The highest BCUT2D eigenvalue weighted by Crippen LogP contribution is 2.28. The van der Waals surface area contributed by atoms with Crippen molar-refractivity contribution in [3.05, 3.63) is 65.3 Å². The Labute approximate surface area is 126 Å². The molecular formula is C16H11ClN2O2. The van der Waals surface area contributed by atoms with Gasteiger partial charge in [-0.2, -0.15) is 0 Å². The van der Waals surface area contributed by atoms with Crippen molar-refractivity contribution in [1.29, 1.82) is 0 Å². The number of anilines is 2. The molecule has 0 saturated heterocycles. The standard InChI is InChI=1S/C16H11ClN2O2/c17-11-4-2-5-12(9-11)19-15-14-10(7-8-18-15)3-1-6-13(14)16(20)21/h1-9H,(H,18,19)(H,20,21). The van der Waals surface area contributed by atoms with Crippen LogP contribution in [0.25, 0.3) is 10.8 Å². The number of nitrogens with one attached hydrogen (secondary N) is 1. The van der Waals surface area contributed by atoms with Gasteiger partial charge in [0.05, 0.1) is 5.56 Å². The summed E-state index contributed by atoms with van der Waals surface area (Å²) in [6.07, 6.45) is 1.64. The van der Waals surface area contributed by atoms with Crippen LogP contribution in [0.3, 0.4) is 0 Å². The van der Waals surface area contributed by atoms with Crippen molar-refractivity contribution in [2.45, 2.75) is 0 Å². The molecule has 1 heterocycles. The van der Waals surface area contributed by atoms with Gasteiger partial charge in [0.2, 0.25) is 0 Å². The highest BCUT2D eigenvalue weighted by atomic mass is 35.5. The maximum atomic E-state index is 11.4. The van der Waals surface area contributed by atoms with E-state index < -0.39 is 5.97 Å². The highest BCUT2D eigenvalue weighted by molar-refractivity contribution is 6.30. The largest absolute Gasteiger partial charge is 0.478 e. The first kappa shape index (κ1) is 13.4. The fraction of sp³-hybridized carbons (Fsp3) is 0. The number of carbonyl (C=O) groups is 1. The van der Waals surface area contributed by atoms with E-state index in [0.29, 0.717) is 16.2 Å². The Kier molecular flexibility index (Phi) is 3.46. The van der Waals surface area contributed by atoms with Crippen LogP contribution < -0.4 is 5.32 Å². The summed E-state index contributed by atoms with van der Waals surface area (Å²) in [5, 5.41) is 14.5. The Balaban J connectivity index is 2.16. The van der Waals surface area contributed by atoms with Crippen LogP contribution in [0.5, 0.6) is 0 Å². The van der Waals surface area contributed by atoms with Crippen LogP contribution in [0, 0.1) is 0 Å². The van der Waals surface area contributed by atoms with Gasteiger partial charge in [0.1, 0.15) is 5.82 Å². The van der Waals surface area contributed by atoms with Gasteiger partial charge in [-0.1, -0.05) is 29.8 Å². The first-order valence-corrected chi connectivity index (χ1v) is 6.66. The molecule has 0 spiro atoms. The van der Waals surface area contributed by atoms with Crippen molar-refractivity contribution >= 4 is 39.8 Å². The van der Waals surface area contributed by atoms with Crippen molar-refractivity contribution in [3.63, 3.8) is 0 Å². The number of pyridine rings is 1. The summed E-state index contributed by atoms with van der Waals surface area (Å²) >= 11 is 5.96. The molecule has 0 unspecified atom stereocenters. The molecule has 0 saturated carbocycles. The van der Waals surface area contributed by atoms with Gasteiger partial charge in [-0.15, -0.1) is 0 Å². The summed E-state index contributed by atoms with van der Waals surface area (Å²) in [5.74, 6) is -0.490. The lowest BCUT2D eigenvalue weighted by Gasteiger charge is -2.11. The summed E-state index contributed by atoms with van der Waals surface area (Å²) < 4.78 is 0. The monoisotopic (exact) mass is 298 g/mol. The minimum Gasteiger partial charge on any atom is -0.478 e. The van der Waals surface area contributed by atoms with E-state index in [1.807, 2.05) is 18.2 Å². The van der Waals surface area contributed by atoms with Crippen LogP contribution in [0.1, 0.15) is 10.4 Å². The zero-order valence-electron chi connectivity index (χ0n) is 10.9. The number of fused-ring (bicyclic) bond motifs is 1. The van der Waals surface area contributed by atoms with Crippen molar-refractivity contribution in [2.75, 3.05) is 5.32 Å². The third kappa shape index (κ3) is 2.66. The molecule has 0 atom stereocenters. The Morgan fingerprint density at radius 1 is 1.14 bits per heavy atom. The first-order valence-electron chi connectivity index (χ1n) is 6.29. The summed E-state index contributed by atoms with van der Waals surface area (Å²) in [4.78, 5) is 15.7. The maximum absolute atomic E-state index is 11.4. The third-order valence-corrected chi connectivity index (χ3v) is 3.34. The zero-order valence-corrected chi connectivity index (χ0v) is 11.6. The van der Waals surface area contributed by atoms with Gasteiger partial charge in [0, 0.05) is 22.3 Å². The van der Waals surface area contributed by atoms with Crippen molar-refractivity contribution in [3.8, 4) is 0 Å². The van der Waals surface area contributed by atoms with Crippen LogP contribution in [-0.2, 0) is 0 Å². The van der Waals surface area contributed by atoms with Gasteiger partial charge in [-0.3, -0.25) is 0 Å². The van der Waals surface area contributed by atoms with E-state index in [-0.39, 0.29) is 5.56 Å². The van der Waals surface area contributed by atoms with E-state index in [1.165, 1.54) is 0 Å². The molecule has 2 N–H and O–H groups in total. The van der Waals surface area contributed by atoms with Gasteiger partial charge in [-0.05, 0) is 35.7 Å². The Hall–Kier alpha value is -2.59. The second kappa shape index (κ2) is 5.42. The van der Waals surface area contributed by atoms with E-state index >= 15 is 0 Å². The van der Waals surface area contributed by atoms with E-state index in [2.05, 4.69) is 10.3 Å². The fourth-order valence-electron chi connectivity index (χ4n) is 2.21. The molecule has 104 valence electrons. The smallest absolute Gasteiger partial charge is 0.336 e. The summed E-state index contributed by atoms with van der Waals surface area (Å²) in [5.41, 5.74) is 0.966. The number of hydrogen-bond donors (Lipinski definition) is 2. The molecule has 3 aromatic rings. The van der Waals surface area contributed by atoms with Crippen LogP contribution in [0.2, 0.25) is 5.02 Å². The lowest BCUT2D eigenvalue weighted by atomic mass is 10.1. The SMILES string of the molecule is O=C(O)c1cccc2ccnc(Nc3cccc(Cl)c3)c12. The molecule has 0 radical (unpaired) electrons. The summed E-state index contributed by atoms with van der Waals surface area (Å²) in [6.45, 7) is 0. The third-order valence-electron chi connectivity index (χ3n) is 3.11. The molecule has 0 bridgehead atoms. The number of benzene rings is 2. The van der Waals surface area contributed by atoms with Crippen LogP contribution in [0.15, 0.2) is 54.7 Å². The van der Waals surface area contributed by atoms with E-state index in [9.17, 15) is 9.90 Å². The second-order valence-corrected chi connectivity index (χ2v) is 4.94. The number of halogens is 1. The van der Waals surface area contributed by atoms with Gasteiger partial charge < -0.3 is 10.4 Å². The first-order chi connectivity index (χ1) is 10.1. The van der Waals surface area contributed by atoms with Crippen molar-refractivity contribution in [1.82, 2.24) is 4.98 Å². The quantitative estimate of drug-likeness (QED) is 0.755. The number of carboxylic acids is 1. The number of rotatable bonds is 3. The maximum Gasteiger partial charge on any atom is 0.336 e. The average Bonchev–Trinajstić information content (AvgIpc) is 2.47. The number of nitrogens with zero attached hydrogens (tertiary/aromatic N) is 1. The lowest BCUT2D eigenvalue weighted by Crippen LogP contribution is -2.01. The highest BCUT2D eigenvalue weighted by Gasteiger charge is 2.13. The van der Waals surface area contributed by atoms with Crippen molar-refractivity contribution in [2.24, 2.45) is 0 Å². The van der Waals surface area contributed by atoms with Crippen LogP contribution >= 0.6 is 11.6 Å². The minimum absolute atomic E-state index is 0.213. The van der Waals surface area contributed by atoms with Crippen LogP contribution in [0.4, 0.5) is 11.5 Å². The predicted molar refractivity (Wildman–Crippen MR) is 83.4 cm³/mol. The number of aromatic nitrogens is 1. The van der Waals surface area contributed by atoms with Gasteiger partial charge in [-0.25, -0.2) is 9.78 Å². The molecule has 0 amide bonds. The normalized spacial score (nSPS) is 10.5. The topological polar surface area (TPSA) is 62.2 Å². The molecule has 0 fully saturated rings. The average molecular weight is 299 g/mol. The number of carboxylic acid groups (broad SMARTS) is 1. The zero-order chi connectivity index (χ0) is 14.8. The fourth-order valence-corrected chi connectivity index (χ4v) is 2.40. The number of hydrogen-bond acceptors (Lipinski definition) is 3.